The summed E-state index contributed by atoms with van der Waals surface area (Å²) < 4.78 is 0. The minimum atomic E-state index is -0.352. The van der Waals surface area contributed by atoms with E-state index in [1.165, 1.54) is 0 Å². The third-order valence-corrected chi connectivity index (χ3v) is 1.75. The van der Waals surface area contributed by atoms with E-state index in [4.69, 9.17) is 5.11 Å². The van der Waals surface area contributed by atoms with Crippen LogP contribution < -0.4 is 0 Å². The van der Waals surface area contributed by atoms with Gasteiger partial charge in [-0.1, -0.05) is 20.8 Å². The fourth-order valence-electron chi connectivity index (χ4n) is 0.718. The molecule has 2 nitrogen and oxygen atoms in total. The largest absolute Gasteiger partial charge is 0.393 e. The van der Waals surface area contributed by atoms with Gasteiger partial charge >= 0.3 is 0 Å². The molecule has 62 valence electrons. The van der Waals surface area contributed by atoms with E-state index in [2.05, 4.69) is 0 Å². The first-order valence-electron chi connectivity index (χ1n) is 3.94. The lowest BCUT2D eigenvalue weighted by Gasteiger charge is -2.16. The van der Waals surface area contributed by atoms with E-state index in [-0.39, 0.29) is 18.1 Å². The maximum absolute atomic E-state index is 9.27. The normalized spacial score (nSPS) is 17.4. The van der Waals surface area contributed by atoms with Crippen LogP contribution in [0.15, 0.2) is 0 Å². The van der Waals surface area contributed by atoms with Crippen LogP contribution in [0.4, 0.5) is 0 Å². The number of aliphatic hydroxyl groups is 2. The Morgan fingerprint density at radius 3 is 2.00 bits per heavy atom. The van der Waals surface area contributed by atoms with Gasteiger partial charge in [-0.15, -0.1) is 0 Å². The Balaban J connectivity index is 3.46. The predicted octanol–water partition coefficient (Wildman–Crippen LogP) is 1.16. The second-order valence-electron chi connectivity index (χ2n) is 3.11. The Morgan fingerprint density at radius 2 is 1.70 bits per heavy atom. The van der Waals surface area contributed by atoms with Crippen molar-refractivity contribution in [1.29, 1.82) is 0 Å². The van der Waals surface area contributed by atoms with E-state index in [9.17, 15) is 5.11 Å². The highest BCUT2D eigenvalue weighted by Crippen LogP contribution is 2.09. The first-order valence-corrected chi connectivity index (χ1v) is 3.94. The Hall–Kier alpha value is -0.0800. The molecule has 0 bridgehead atoms. The van der Waals surface area contributed by atoms with Crippen molar-refractivity contribution in [3.63, 3.8) is 0 Å². The van der Waals surface area contributed by atoms with E-state index in [0.717, 1.165) is 6.42 Å². The smallest absolute Gasteiger partial charge is 0.0587 e. The number of aliphatic hydroxyl groups excluding tert-OH is 2. The van der Waals surface area contributed by atoms with Gasteiger partial charge in [-0.3, -0.25) is 0 Å². The van der Waals surface area contributed by atoms with Crippen molar-refractivity contribution in [2.24, 2.45) is 5.92 Å². The van der Waals surface area contributed by atoms with Crippen molar-refractivity contribution in [2.75, 3.05) is 0 Å². The first-order chi connectivity index (χ1) is 4.57. The Kier molecular flexibility index (Phi) is 4.65. The molecule has 0 aliphatic heterocycles. The van der Waals surface area contributed by atoms with Crippen LogP contribution in [0.5, 0.6) is 0 Å². The first kappa shape index (κ1) is 9.92. The third kappa shape index (κ3) is 3.85. The summed E-state index contributed by atoms with van der Waals surface area (Å²) in [5.74, 6) is 0.251. The van der Waals surface area contributed by atoms with Crippen molar-refractivity contribution < 1.29 is 10.2 Å². The molecule has 0 unspecified atom stereocenters. The topological polar surface area (TPSA) is 40.5 Å². The molecule has 0 spiro atoms. The summed E-state index contributed by atoms with van der Waals surface area (Å²) in [5.41, 5.74) is 0. The van der Waals surface area contributed by atoms with Gasteiger partial charge in [-0.05, 0) is 18.8 Å². The average Bonchev–Trinajstić information content (AvgIpc) is 1.87. The SMILES string of the molecule is CC[C@@H](O)C[C@@H](O)C(C)C. The molecule has 0 saturated heterocycles. The van der Waals surface area contributed by atoms with Gasteiger partial charge in [-0.25, -0.2) is 0 Å². The molecule has 10 heavy (non-hydrogen) atoms. The van der Waals surface area contributed by atoms with Gasteiger partial charge in [0.2, 0.25) is 0 Å². The van der Waals surface area contributed by atoms with Crippen molar-refractivity contribution in [3.8, 4) is 0 Å². The molecular weight excluding hydrogens is 128 g/mol. The summed E-state index contributed by atoms with van der Waals surface area (Å²) in [4.78, 5) is 0. The van der Waals surface area contributed by atoms with Crippen LogP contribution in [0, 0.1) is 5.92 Å². The molecule has 2 N–H and O–H groups in total. The number of rotatable bonds is 4. The van der Waals surface area contributed by atoms with E-state index in [1.54, 1.807) is 0 Å². The molecule has 0 rings (SSSR count). The molecule has 0 aromatic rings. The summed E-state index contributed by atoms with van der Waals surface area (Å²) in [5, 5.41) is 18.4. The molecule has 0 radical (unpaired) electrons. The molecule has 0 aromatic carbocycles. The minimum absolute atomic E-state index is 0.251. The van der Waals surface area contributed by atoms with Gasteiger partial charge in [0.05, 0.1) is 12.2 Å². The number of hydrogen-bond acceptors (Lipinski definition) is 2. The Bertz CT molecular complexity index is 81.3. The second-order valence-corrected chi connectivity index (χ2v) is 3.11. The van der Waals surface area contributed by atoms with E-state index in [0.29, 0.717) is 6.42 Å². The summed E-state index contributed by atoms with van der Waals surface area (Å²) in [6, 6.07) is 0. The summed E-state index contributed by atoms with van der Waals surface area (Å²) in [7, 11) is 0. The highest BCUT2D eigenvalue weighted by Gasteiger charge is 2.12. The molecule has 0 amide bonds. The summed E-state index contributed by atoms with van der Waals surface area (Å²) in [6.07, 6.45) is 0.546. The molecule has 0 aliphatic carbocycles. The quantitative estimate of drug-likeness (QED) is 0.625. The molecule has 0 heterocycles. The lowest BCUT2D eigenvalue weighted by atomic mass is 10.0. The van der Waals surface area contributed by atoms with Crippen molar-refractivity contribution in [1.82, 2.24) is 0 Å². The van der Waals surface area contributed by atoms with Gasteiger partial charge in [0, 0.05) is 0 Å². The van der Waals surface area contributed by atoms with Crippen LogP contribution in [0.3, 0.4) is 0 Å². The molecule has 0 aliphatic rings. The number of hydrogen-bond donors (Lipinski definition) is 2. The van der Waals surface area contributed by atoms with Gasteiger partial charge in [-0.2, -0.15) is 0 Å². The summed E-state index contributed by atoms with van der Waals surface area (Å²) >= 11 is 0. The molecule has 0 saturated carbocycles. The fourth-order valence-corrected chi connectivity index (χ4v) is 0.718. The van der Waals surface area contributed by atoms with Crippen LogP contribution >= 0.6 is 0 Å². The standard InChI is InChI=1S/C8H18O2/c1-4-7(9)5-8(10)6(2)3/h6-10H,4-5H2,1-3H3/t7-,8-/m1/s1. The second kappa shape index (κ2) is 4.69. The van der Waals surface area contributed by atoms with Crippen molar-refractivity contribution in [2.45, 2.75) is 45.8 Å². The van der Waals surface area contributed by atoms with E-state index >= 15 is 0 Å². The Morgan fingerprint density at radius 1 is 1.20 bits per heavy atom. The fraction of sp³-hybridized carbons (Fsp3) is 1.00. The van der Waals surface area contributed by atoms with Gasteiger partial charge in [0.25, 0.3) is 0 Å². The molecule has 0 aromatic heterocycles. The third-order valence-electron chi connectivity index (χ3n) is 1.75. The van der Waals surface area contributed by atoms with Crippen LogP contribution in [-0.2, 0) is 0 Å². The Labute approximate surface area is 62.9 Å². The zero-order valence-electron chi connectivity index (χ0n) is 7.04. The van der Waals surface area contributed by atoms with Gasteiger partial charge in [0.1, 0.15) is 0 Å². The van der Waals surface area contributed by atoms with Crippen LogP contribution in [0.2, 0.25) is 0 Å². The zero-order valence-corrected chi connectivity index (χ0v) is 7.04. The highest BCUT2D eigenvalue weighted by atomic mass is 16.3. The highest BCUT2D eigenvalue weighted by molar-refractivity contribution is 4.64. The summed E-state index contributed by atoms with van der Waals surface area (Å²) in [6.45, 7) is 5.82. The monoisotopic (exact) mass is 146 g/mol. The molecule has 2 atom stereocenters. The molecule has 0 fully saturated rings. The maximum atomic E-state index is 9.27. The maximum Gasteiger partial charge on any atom is 0.0587 e. The van der Waals surface area contributed by atoms with Gasteiger partial charge in [0.15, 0.2) is 0 Å². The van der Waals surface area contributed by atoms with E-state index < -0.39 is 0 Å². The molecular formula is C8H18O2. The predicted molar refractivity (Wildman–Crippen MR) is 41.8 cm³/mol. The van der Waals surface area contributed by atoms with Crippen molar-refractivity contribution in [3.05, 3.63) is 0 Å². The van der Waals surface area contributed by atoms with Gasteiger partial charge < -0.3 is 10.2 Å². The lowest BCUT2D eigenvalue weighted by molar-refractivity contribution is 0.0521. The molecule has 2 heteroatoms. The van der Waals surface area contributed by atoms with Crippen LogP contribution in [0.25, 0.3) is 0 Å². The van der Waals surface area contributed by atoms with E-state index in [1.807, 2.05) is 20.8 Å². The van der Waals surface area contributed by atoms with Crippen molar-refractivity contribution >= 4 is 0 Å². The minimum Gasteiger partial charge on any atom is -0.393 e. The zero-order chi connectivity index (χ0) is 8.15. The average molecular weight is 146 g/mol. The van der Waals surface area contributed by atoms with Crippen LogP contribution in [0.1, 0.15) is 33.6 Å². The van der Waals surface area contributed by atoms with Crippen LogP contribution in [-0.4, -0.2) is 22.4 Å². The lowest BCUT2D eigenvalue weighted by Crippen LogP contribution is -2.21.